The lowest BCUT2D eigenvalue weighted by Crippen LogP contribution is -2.32. The van der Waals surface area contributed by atoms with Gasteiger partial charge in [-0.2, -0.15) is 0 Å². The lowest BCUT2D eigenvalue weighted by Gasteiger charge is -2.13. The van der Waals surface area contributed by atoms with Gasteiger partial charge in [-0.05, 0) is 30.4 Å². The molecule has 138 valence electrons. The van der Waals surface area contributed by atoms with E-state index in [2.05, 4.69) is 22.4 Å². The third-order valence-corrected chi connectivity index (χ3v) is 6.02. The minimum Gasteiger partial charge on any atom is -0.352 e. The van der Waals surface area contributed by atoms with Crippen LogP contribution in [0.15, 0.2) is 29.2 Å². The molecule has 1 fully saturated rings. The van der Waals surface area contributed by atoms with Gasteiger partial charge < -0.3 is 5.32 Å². The Morgan fingerprint density at radius 1 is 1.35 bits per heavy atom. The summed E-state index contributed by atoms with van der Waals surface area (Å²) in [5.41, 5.74) is 1.05. The van der Waals surface area contributed by atoms with Gasteiger partial charge in [-0.25, -0.2) is 0 Å². The van der Waals surface area contributed by atoms with Crippen molar-refractivity contribution in [2.24, 2.45) is 5.92 Å². The van der Waals surface area contributed by atoms with E-state index in [1.165, 1.54) is 16.2 Å². The highest BCUT2D eigenvalue weighted by Crippen LogP contribution is 2.28. The monoisotopic (exact) mass is 390 g/mol. The van der Waals surface area contributed by atoms with E-state index in [4.69, 9.17) is 0 Å². The van der Waals surface area contributed by atoms with Crippen LogP contribution in [-0.4, -0.2) is 34.8 Å². The van der Waals surface area contributed by atoms with Gasteiger partial charge in [0.1, 0.15) is 5.01 Å². The highest BCUT2D eigenvalue weighted by atomic mass is 32.2. The quantitative estimate of drug-likeness (QED) is 0.736. The molecule has 1 aromatic carbocycles. The van der Waals surface area contributed by atoms with Crippen molar-refractivity contribution in [3.05, 3.63) is 34.8 Å². The van der Waals surface area contributed by atoms with E-state index in [1.54, 1.807) is 16.7 Å². The summed E-state index contributed by atoms with van der Waals surface area (Å²) in [5, 5.41) is 12.7. The van der Waals surface area contributed by atoms with Crippen molar-refractivity contribution in [1.29, 1.82) is 0 Å². The number of carbonyl (C=O) groups excluding carboxylic acids is 2. The van der Waals surface area contributed by atoms with Crippen molar-refractivity contribution in [1.82, 2.24) is 15.5 Å². The topological polar surface area (TPSA) is 75.2 Å². The Kier molecular flexibility index (Phi) is 6.26. The third-order valence-electron chi connectivity index (χ3n) is 4.27. The number of benzene rings is 1. The van der Waals surface area contributed by atoms with Gasteiger partial charge in [-0.15, -0.1) is 22.0 Å². The molecule has 1 atom stereocenters. The summed E-state index contributed by atoms with van der Waals surface area (Å²) >= 11 is 3.12. The number of carbonyl (C=O) groups is 2. The summed E-state index contributed by atoms with van der Waals surface area (Å²) in [6, 6.07) is 8.09. The number of hydrogen-bond donors (Lipinski definition) is 1. The Morgan fingerprint density at radius 2 is 2.12 bits per heavy atom. The molecule has 2 aromatic rings. The molecule has 2 amide bonds. The van der Waals surface area contributed by atoms with Gasteiger partial charge in [0.05, 0.1) is 5.92 Å². The Bertz CT molecular complexity index is 776. The van der Waals surface area contributed by atoms with Gasteiger partial charge in [0.25, 0.3) is 0 Å². The van der Waals surface area contributed by atoms with Crippen molar-refractivity contribution >= 4 is 40.0 Å². The highest BCUT2D eigenvalue weighted by Gasteiger charge is 2.36. The van der Waals surface area contributed by atoms with Gasteiger partial charge in [-0.3, -0.25) is 14.5 Å². The minimum absolute atomic E-state index is 0.0614. The van der Waals surface area contributed by atoms with Crippen molar-refractivity contribution in [2.45, 2.75) is 37.6 Å². The second-order valence-corrected chi connectivity index (χ2v) is 8.12. The minimum atomic E-state index is -0.341. The molecule has 1 saturated heterocycles. The highest BCUT2D eigenvalue weighted by molar-refractivity contribution is 7.98. The van der Waals surface area contributed by atoms with Crippen LogP contribution >= 0.6 is 23.1 Å². The largest absolute Gasteiger partial charge is 0.352 e. The number of aryl methyl sites for hydroxylation is 1. The SMILES string of the molecule is CCCc1nnc(N2CC(C(=O)NCc3ccc(SC)cc3)CC2=O)s1. The first kappa shape index (κ1) is 18.8. The summed E-state index contributed by atoms with van der Waals surface area (Å²) in [5.74, 6) is -0.492. The number of aromatic nitrogens is 2. The first-order valence-electron chi connectivity index (χ1n) is 8.64. The van der Waals surface area contributed by atoms with Crippen LogP contribution < -0.4 is 10.2 Å². The number of nitrogens with zero attached hydrogens (tertiary/aromatic N) is 3. The maximum absolute atomic E-state index is 12.4. The fourth-order valence-corrected chi connectivity index (χ4v) is 4.19. The molecular formula is C18H22N4O2S2. The average Bonchev–Trinajstić information content (AvgIpc) is 3.27. The summed E-state index contributed by atoms with van der Waals surface area (Å²) in [6.07, 6.45) is 4.10. The smallest absolute Gasteiger partial charge is 0.229 e. The second kappa shape index (κ2) is 8.64. The predicted octanol–water partition coefficient (Wildman–Crippen LogP) is 2.88. The lowest BCUT2D eigenvalue weighted by atomic mass is 10.1. The van der Waals surface area contributed by atoms with E-state index >= 15 is 0 Å². The van der Waals surface area contributed by atoms with Crippen LogP contribution in [0.25, 0.3) is 0 Å². The van der Waals surface area contributed by atoms with E-state index in [0.717, 1.165) is 23.4 Å². The zero-order chi connectivity index (χ0) is 18.5. The summed E-state index contributed by atoms with van der Waals surface area (Å²) < 4.78 is 0. The fraction of sp³-hybridized carbons (Fsp3) is 0.444. The average molecular weight is 391 g/mol. The molecule has 6 nitrogen and oxygen atoms in total. The number of anilines is 1. The molecule has 0 spiro atoms. The van der Waals surface area contributed by atoms with Gasteiger partial charge in [0, 0.05) is 30.8 Å². The number of thioether (sulfide) groups is 1. The summed E-state index contributed by atoms with van der Waals surface area (Å²) in [6.45, 7) is 2.92. The first-order chi connectivity index (χ1) is 12.6. The normalized spacial score (nSPS) is 16.9. The Hall–Kier alpha value is -1.93. The standard InChI is InChI=1S/C18H22N4O2S2/c1-3-4-15-20-21-18(26-15)22-11-13(9-16(22)23)17(24)19-10-12-5-7-14(25-2)8-6-12/h5-8,13H,3-4,9-11H2,1-2H3,(H,19,24). The van der Waals surface area contributed by atoms with Crippen LogP contribution in [0.4, 0.5) is 5.13 Å². The molecule has 1 aliphatic heterocycles. The summed E-state index contributed by atoms with van der Waals surface area (Å²) in [7, 11) is 0. The molecule has 1 unspecified atom stereocenters. The number of amides is 2. The zero-order valence-corrected chi connectivity index (χ0v) is 16.5. The Balaban J connectivity index is 1.55. The van der Waals surface area contributed by atoms with Crippen LogP contribution in [0.2, 0.25) is 0 Å². The van der Waals surface area contributed by atoms with Gasteiger partial charge in [0.15, 0.2) is 0 Å². The molecule has 1 aliphatic rings. The maximum Gasteiger partial charge on any atom is 0.229 e. The van der Waals surface area contributed by atoms with Crippen LogP contribution in [0, 0.1) is 5.92 Å². The van der Waals surface area contributed by atoms with Crippen LogP contribution in [0.5, 0.6) is 0 Å². The first-order valence-corrected chi connectivity index (χ1v) is 10.7. The molecule has 0 saturated carbocycles. The van der Waals surface area contributed by atoms with E-state index in [0.29, 0.717) is 18.2 Å². The molecule has 1 N–H and O–H groups in total. The molecule has 1 aromatic heterocycles. The van der Waals surface area contributed by atoms with E-state index in [9.17, 15) is 9.59 Å². The Morgan fingerprint density at radius 3 is 2.81 bits per heavy atom. The van der Waals surface area contributed by atoms with Gasteiger partial charge >= 0.3 is 0 Å². The molecule has 0 radical (unpaired) electrons. The number of hydrogen-bond acceptors (Lipinski definition) is 6. The van der Waals surface area contributed by atoms with Crippen LogP contribution in [0.1, 0.15) is 30.3 Å². The fourth-order valence-electron chi connectivity index (χ4n) is 2.81. The predicted molar refractivity (Wildman–Crippen MR) is 104 cm³/mol. The van der Waals surface area contributed by atoms with Crippen molar-refractivity contribution in [3.8, 4) is 0 Å². The summed E-state index contributed by atoms with van der Waals surface area (Å²) in [4.78, 5) is 27.5. The molecule has 0 aliphatic carbocycles. The molecule has 26 heavy (non-hydrogen) atoms. The third kappa shape index (κ3) is 4.42. The van der Waals surface area contributed by atoms with E-state index < -0.39 is 0 Å². The molecule has 8 heteroatoms. The molecule has 0 bridgehead atoms. The molecule has 3 rings (SSSR count). The van der Waals surface area contributed by atoms with Crippen molar-refractivity contribution in [3.63, 3.8) is 0 Å². The zero-order valence-electron chi connectivity index (χ0n) is 14.9. The number of nitrogens with one attached hydrogen (secondary N) is 1. The van der Waals surface area contributed by atoms with E-state index in [-0.39, 0.29) is 24.2 Å². The van der Waals surface area contributed by atoms with Gasteiger partial charge in [-0.1, -0.05) is 30.4 Å². The van der Waals surface area contributed by atoms with Gasteiger partial charge in [0.2, 0.25) is 16.9 Å². The van der Waals surface area contributed by atoms with E-state index in [1.807, 2.05) is 30.5 Å². The van der Waals surface area contributed by atoms with Crippen molar-refractivity contribution < 1.29 is 9.59 Å². The Labute approximate surface area is 161 Å². The molecule has 2 heterocycles. The number of rotatable bonds is 7. The van der Waals surface area contributed by atoms with Crippen molar-refractivity contribution in [2.75, 3.05) is 17.7 Å². The lowest BCUT2D eigenvalue weighted by molar-refractivity contribution is -0.126. The van der Waals surface area contributed by atoms with Crippen LogP contribution in [-0.2, 0) is 22.6 Å². The maximum atomic E-state index is 12.4. The molecular weight excluding hydrogens is 368 g/mol. The second-order valence-electron chi connectivity index (χ2n) is 6.20. The van der Waals surface area contributed by atoms with Crippen LogP contribution in [0.3, 0.4) is 0 Å².